The van der Waals surface area contributed by atoms with Crippen LogP contribution in [-0.4, -0.2) is 37.5 Å². The molecule has 0 spiro atoms. The first kappa shape index (κ1) is 31.6. The van der Waals surface area contributed by atoms with Crippen LogP contribution >= 0.6 is 15.8 Å². The van der Waals surface area contributed by atoms with Gasteiger partial charge in [-0.1, -0.05) is 121 Å². The van der Waals surface area contributed by atoms with E-state index in [1.165, 1.54) is 21.2 Å². The number of benzene rings is 4. The Balaban J connectivity index is 1.07. The van der Waals surface area contributed by atoms with Crippen LogP contribution in [0.5, 0.6) is 0 Å². The summed E-state index contributed by atoms with van der Waals surface area (Å²) in [5, 5.41) is 5.11. The molecule has 0 N–H and O–H groups in total. The molecule has 42 heavy (non-hydrogen) atoms. The maximum absolute atomic E-state index is 12.4. The fourth-order valence-corrected chi connectivity index (χ4v) is 9.30. The molecule has 6 heteroatoms. The van der Waals surface area contributed by atoms with E-state index in [-0.39, 0.29) is 11.9 Å². The summed E-state index contributed by atoms with van der Waals surface area (Å²) >= 11 is 0. The third kappa shape index (κ3) is 10.8. The fraction of sp³-hybridized carbons (Fsp3) is 0.278. The molecule has 0 radical (unpaired) electrons. The number of unbranched alkanes of at least 4 members (excludes halogenated alkanes) is 3. The molecule has 4 nitrogen and oxygen atoms in total. The first-order valence-electron chi connectivity index (χ1n) is 14.8. The predicted molar refractivity (Wildman–Crippen MR) is 177 cm³/mol. The van der Waals surface area contributed by atoms with Gasteiger partial charge in [-0.05, 0) is 75.1 Å². The van der Waals surface area contributed by atoms with E-state index in [0.29, 0.717) is 26.1 Å². The van der Waals surface area contributed by atoms with Crippen LogP contribution < -0.4 is 21.2 Å². The van der Waals surface area contributed by atoms with Gasteiger partial charge in [-0.15, -0.1) is 0 Å². The Kier molecular flexibility index (Phi) is 13.7. The lowest BCUT2D eigenvalue weighted by Crippen LogP contribution is -2.17. The van der Waals surface area contributed by atoms with Gasteiger partial charge >= 0.3 is 11.9 Å². The van der Waals surface area contributed by atoms with Crippen LogP contribution in [0, 0.1) is 0 Å². The Morgan fingerprint density at radius 1 is 0.429 bits per heavy atom. The van der Waals surface area contributed by atoms with Crippen LogP contribution in [0.4, 0.5) is 0 Å². The van der Waals surface area contributed by atoms with E-state index >= 15 is 0 Å². The van der Waals surface area contributed by atoms with Gasteiger partial charge in [-0.3, -0.25) is 9.59 Å². The third-order valence-electron chi connectivity index (χ3n) is 6.92. The lowest BCUT2D eigenvalue weighted by molar-refractivity contribution is -0.144. The van der Waals surface area contributed by atoms with Crippen molar-refractivity contribution in [2.45, 2.75) is 38.5 Å². The van der Waals surface area contributed by atoms with Gasteiger partial charge < -0.3 is 9.47 Å². The van der Waals surface area contributed by atoms with E-state index in [9.17, 15) is 9.59 Å². The number of rotatable bonds is 17. The quantitative estimate of drug-likeness (QED) is 0.0773. The standard InChI is InChI=1S/C36H40O4P2/c37-35(25-29-41(31-17-7-3-8-18-31)32-19-9-4-10-20-32)39-27-15-1-2-16-28-40-36(38)26-30-42(33-21-11-5-12-22-33)34-23-13-6-14-24-34/h3-14,17-24H,1-2,15-16,25-30H2. The SMILES string of the molecule is O=C(CCP(c1ccccc1)c1ccccc1)OCCCCCCOC(=O)CCP(c1ccccc1)c1ccccc1. The Morgan fingerprint density at radius 3 is 1.00 bits per heavy atom. The molecular weight excluding hydrogens is 558 g/mol. The molecule has 0 aliphatic carbocycles. The predicted octanol–water partition coefficient (Wildman–Crippen LogP) is 6.68. The van der Waals surface area contributed by atoms with E-state index in [0.717, 1.165) is 38.0 Å². The van der Waals surface area contributed by atoms with Gasteiger partial charge in [0.15, 0.2) is 0 Å². The topological polar surface area (TPSA) is 52.6 Å². The molecule has 0 saturated carbocycles. The fourth-order valence-electron chi connectivity index (χ4n) is 4.73. The molecular formula is C36H40O4P2. The molecule has 0 atom stereocenters. The van der Waals surface area contributed by atoms with Crippen molar-refractivity contribution in [3.8, 4) is 0 Å². The van der Waals surface area contributed by atoms with Crippen LogP contribution in [0.25, 0.3) is 0 Å². The highest BCUT2D eigenvalue weighted by molar-refractivity contribution is 7.73. The monoisotopic (exact) mass is 598 g/mol. The zero-order chi connectivity index (χ0) is 29.2. The number of ether oxygens (including phenoxy) is 2. The summed E-state index contributed by atoms with van der Waals surface area (Å²) in [6, 6.07) is 41.7. The van der Waals surface area contributed by atoms with E-state index in [4.69, 9.17) is 9.47 Å². The second-order valence-corrected chi connectivity index (χ2v) is 14.7. The van der Waals surface area contributed by atoms with Crippen LogP contribution in [0.3, 0.4) is 0 Å². The van der Waals surface area contributed by atoms with Crippen molar-refractivity contribution in [2.24, 2.45) is 0 Å². The highest BCUT2D eigenvalue weighted by Crippen LogP contribution is 2.35. The minimum absolute atomic E-state index is 0.130. The normalized spacial score (nSPS) is 11.0. The molecule has 0 aliphatic rings. The molecule has 0 aliphatic heterocycles. The lowest BCUT2D eigenvalue weighted by Gasteiger charge is -2.18. The van der Waals surface area contributed by atoms with Crippen molar-refractivity contribution in [1.82, 2.24) is 0 Å². The van der Waals surface area contributed by atoms with Crippen LogP contribution in [0.2, 0.25) is 0 Å². The zero-order valence-corrected chi connectivity index (χ0v) is 25.9. The van der Waals surface area contributed by atoms with Crippen molar-refractivity contribution < 1.29 is 19.1 Å². The van der Waals surface area contributed by atoms with Gasteiger partial charge in [-0.2, -0.15) is 0 Å². The maximum Gasteiger partial charge on any atom is 0.306 e. The van der Waals surface area contributed by atoms with Crippen LogP contribution in [0.15, 0.2) is 121 Å². The van der Waals surface area contributed by atoms with Crippen molar-refractivity contribution in [2.75, 3.05) is 25.5 Å². The van der Waals surface area contributed by atoms with Gasteiger partial charge in [0.25, 0.3) is 0 Å². The smallest absolute Gasteiger partial charge is 0.306 e. The van der Waals surface area contributed by atoms with Gasteiger partial charge in [0.05, 0.1) is 26.1 Å². The van der Waals surface area contributed by atoms with E-state index in [1.54, 1.807) is 0 Å². The van der Waals surface area contributed by atoms with Crippen molar-refractivity contribution in [1.29, 1.82) is 0 Å². The average molecular weight is 599 g/mol. The molecule has 4 aromatic carbocycles. The molecule has 0 heterocycles. The molecule has 0 bridgehead atoms. The molecule has 0 fully saturated rings. The maximum atomic E-state index is 12.4. The summed E-state index contributed by atoms with van der Waals surface area (Å²) < 4.78 is 11.0. The molecule has 0 saturated heterocycles. The Hall–Kier alpha value is -3.32. The summed E-state index contributed by atoms with van der Waals surface area (Å²) in [6.07, 6.45) is 5.94. The van der Waals surface area contributed by atoms with Gasteiger partial charge in [0.1, 0.15) is 0 Å². The summed E-state index contributed by atoms with van der Waals surface area (Å²) in [4.78, 5) is 24.9. The third-order valence-corrected chi connectivity index (χ3v) is 11.9. The molecule has 0 unspecified atom stereocenters. The molecule has 0 aromatic heterocycles. The highest BCUT2D eigenvalue weighted by atomic mass is 31.1. The highest BCUT2D eigenvalue weighted by Gasteiger charge is 2.17. The summed E-state index contributed by atoms with van der Waals surface area (Å²) in [7, 11) is -1.18. The summed E-state index contributed by atoms with van der Waals surface area (Å²) in [5.74, 6) is -0.261. The van der Waals surface area contributed by atoms with E-state index in [1.807, 2.05) is 24.3 Å². The molecule has 0 amide bonds. The average Bonchev–Trinajstić information content (AvgIpc) is 3.04. The van der Waals surface area contributed by atoms with Gasteiger partial charge in [0.2, 0.25) is 0 Å². The lowest BCUT2D eigenvalue weighted by atomic mass is 10.2. The Labute approximate surface area is 253 Å². The summed E-state index contributed by atoms with van der Waals surface area (Å²) in [5.41, 5.74) is 0. The van der Waals surface area contributed by atoms with Crippen LogP contribution in [0.1, 0.15) is 38.5 Å². The molecule has 218 valence electrons. The van der Waals surface area contributed by atoms with Crippen molar-refractivity contribution in [3.05, 3.63) is 121 Å². The first-order chi connectivity index (χ1) is 20.7. The van der Waals surface area contributed by atoms with Gasteiger partial charge in [0, 0.05) is 0 Å². The second-order valence-electron chi connectivity index (χ2n) is 10.0. The Morgan fingerprint density at radius 2 is 0.714 bits per heavy atom. The van der Waals surface area contributed by atoms with Crippen LogP contribution in [-0.2, 0) is 19.1 Å². The van der Waals surface area contributed by atoms with E-state index < -0.39 is 15.8 Å². The minimum Gasteiger partial charge on any atom is -0.466 e. The van der Waals surface area contributed by atoms with Crippen molar-refractivity contribution in [3.63, 3.8) is 0 Å². The largest absolute Gasteiger partial charge is 0.466 e. The zero-order valence-electron chi connectivity index (χ0n) is 24.1. The Bertz CT molecular complexity index is 1130. The number of carbonyl (C=O) groups excluding carboxylic acids is 2. The molecule has 4 rings (SSSR count). The van der Waals surface area contributed by atoms with E-state index in [2.05, 4.69) is 97.1 Å². The minimum atomic E-state index is -0.590. The second kappa shape index (κ2) is 18.3. The van der Waals surface area contributed by atoms with Crippen molar-refractivity contribution >= 4 is 49.0 Å². The number of hydrogen-bond acceptors (Lipinski definition) is 4. The summed E-state index contributed by atoms with van der Waals surface area (Å²) in [6.45, 7) is 0.880. The number of hydrogen-bond donors (Lipinski definition) is 0. The first-order valence-corrected chi connectivity index (χ1v) is 17.8. The molecule has 4 aromatic rings. The number of carbonyl (C=O) groups is 2. The van der Waals surface area contributed by atoms with Gasteiger partial charge in [-0.25, -0.2) is 0 Å². The number of esters is 2.